The van der Waals surface area contributed by atoms with E-state index in [-0.39, 0.29) is 24.2 Å². The van der Waals surface area contributed by atoms with Crippen LogP contribution in [-0.4, -0.2) is 21.0 Å². The molecule has 4 aromatic rings. The number of halogens is 1. The summed E-state index contributed by atoms with van der Waals surface area (Å²) in [6, 6.07) is 13.1. The molecule has 0 spiro atoms. The van der Waals surface area contributed by atoms with E-state index in [4.69, 9.17) is 4.74 Å². The summed E-state index contributed by atoms with van der Waals surface area (Å²) in [5, 5.41) is 12.7. The lowest BCUT2D eigenvalue weighted by Crippen LogP contribution is -2.33. The van der Waals surface area contributed by atoms with Crippen molar-refractivity contribution in [2.45, 2.75) is 19.1 Å². The number of hydrogen-bond donors (Lipinski definition) is 5. The van der Waals surface area contributed by atoms with Gasteiger partial charge in [0.05, 0.1) is 12.8 Å². The first-order valence-corrected chi connectivity index (χ1v) is 10.8. The van der Waals surface area contributed by atoms with Crippen molar-refractivity contribution in [3.05, 3.63) is 77.0 Å². The minimum absolute atomic E-state index is 0.0689. The zero-order valence-electron chi connectivity index (χ0n) is 17.9. The van der Waals surface area contributed by atoms with Crippen LogP contribution in [0, 0.1) is 17.1 Å². The maximum Gasteiger partial charge on any atom is 0.208 e. The van der Waals surface area contributed by atoms with Gasteiger partial charge in [-0.3, -0.25) is 4.40 Å². The molecule has 2 aliphatic rings. The van der Waals surface area contributed by atoms with E-state index in [1.165, 1.54) is 6.07 Å². The molecule has 0 unspecified atom stereocenters. The quantitative estimate of drug-likeness (QED) is 0.306. The number of rotatable bonds is 5. The van der Waals surface area contributed by atoms with Crippen LogP contribution in [-0.2, 0) is 13.0 Å². The van der Waals surface area contributed by atoms with Crippen LogP contribution in [0.1, 0.15) is 28.6 Å². The Hall–Kier alpha value is -4.08. The van der Waals surface area contributed by atoms with E-state index in [0.717, 1.165) is 28.0 Å². The summed E-state index contributed by atoms with van der Waals surface area (Å²) in [5.41, 5.74) is 16.7. The van der Waals surface area contributed by atoms with Crippen LogP contribution in [0.15, 0.2) is 48.8 Å². The number of aromatic nitrogens is 3. The summed E-state index contributed by atoms with van der Waals surface area (Å²) in [5.74, 6) is 0.903. The molecule has 0 atom stereocenters. The monoisotopic (exact) mass is 457 g/mol. The van der Waals surface area contributed by atoms with Crippen molar-refractivity contribution in [1.29, 1.82) is 5.26 Å². The Balaban J connectivity index is 1.33. The summed E-state index contributed by atoms with van der Waals surface area (Å²) >= 11 is 0. The van der Waals surface area contributed by atoms with Gasteiger partial charge in [0.2, 0.25) is 5.95 Å². The number of nitriles is 1. The lowest BCUT2D eigenvalue weighted by atomic mass is 10.0. The second-order valence-corrected chi connectivity index (χ2v) is 7.98. The highest BCUT2D eigenvalue weighted by Crippen LogP contribution is 2.31. The van der Waals surface area contributed by atoms with Gasteiger partial charge in [0.15, 0.2) is 11.3 Å². The van der Waals surface area contributed by atoms with E-state index < -0.39 is 0 Å². The summed E-state index contributed by atoms with van der Waals surface area (Å²) in [7, 11) is 0. The molecule has 0 amide bonds. The standard InChI is InChI=1S/C23H20FN9O/c24-19-5-6-20-16(7-8-34-20)18(19)11-27-23-26-10-17(22-28-15(9-25)12-33(22)23)13-1-3-14(4-2-13)21-29-31-32-30-21/h1-6,10,12,21,29-32H,7-8,11H2,(H,26,27). The van der Waals surface area contributed by atoms with E-state index in [0.29, 0.717) is 30.2 Å². The minimum Gasteiger partial charge on any atom is -0.493 e. The summed E-state index contributed by atoms with van der Waals surface area (Å²) in [6.07, 6.45) is 3.94. The second-order valence-electron chi connectivity index (χ2n) is 7.98. The molecule has 0 saturated carbocycles. The van der Waals surface area contributed by atoms with E-state index >= 15 is 0 Å². The maximum atomic E-state index is 14.6. The Morgan fingerprint density at radius 2 is 2.00 bits per heavy atom. The molecule has 34 heavy (non-hydrogen) atoms. The number of fused-ring (bicyclic) bond motifs is 2. The summed E-state index contributed by atoms with van der Waals surface area (Å²) < 4.78 is 21.8. The molecule has 0 aliphatic carbocycles. The molecular weight excluding hydrogens is 437 g/mol. The van der Waals surface area contributed by atoms with Gasteiger partial charge in [-0.15, -0.1) is 0 Å². The van der Waals surface area contributed by atoms with Gasteiger partial charge in [-0.2, -0.15) is 16.3 Å². The Labute approximate surface area is 193 Å². The van der Waals surface area contributed by atoms with Crippen LogP contribution in [0.2, 0.25) is 0 Å². The molecule has 4 heterocycles. The molecule has 2 aliphatic heterocycles. The number of nitrogens with one attached hydrogen (secondary N) is 5. The molecule has 10 nitrogen and oxygen atoms in total. The molecule has 11 heteroatoms. The molecule has 0 radical (unpaired) electrons. The molecule has 1 fully saturated rings. The van der Waals surface area contributed by atoms with E-state index in [9.17, 15) is 9.65 Å². The Morgan fingerprint density at radius 3 is 2.79 bits per heavy atom. The van der Waals surface area contributed by atoms with Crippen LogP contribution in [0.4, 0.5) is 10.3 Å². The normalized spacial score (nSPS) is 15.3. The predicted octanol–water partition coefficient (Wildman–Crippen LogP) is 2.07. The highest BCUT2D eigenvalue weighted by atomic mass is 19.1. The first-order valence-electron chi connectivity index (χ1n) is 10.8. The molecular formula is C23H20FN9O. The van der Waals surface area contributed by atoms with Crippen molar-refractivity contribution in [2.75, 3.05) is 11.9 Å². The fourth-order valence-electron chi connectivity index (χ4n) is 4.31. The van der Waals surface area contributed by atoms with Crippen molar-refractivity contribution in [3.8, 4) is 22.9 Å². The number of nitrogens with zero attached hydrogens (tertiary/aromatic N) is 4. The van der Waals surface area contributed by atoms with Gasteiger partial charge in [0.25, 0.3) is 0 Å². The molecule has 2 aromatic heterocycles. The Bertz CT molecular complexity index is 1420. The van der Waals surface area contributed by atoms with Crippen LogP contribution >= 0.6 is 0 Å². The van der Waals surface area contributed by atoms with Crippen LogP contribution < -0.4 is 32.0 Å². The van der Waals surface area contributed by atoms with E-state index in [1.54, 1.807) is 22.9 Å². The van der Waals surface area contributed by atoms with Crippen molar-refractivity contribution < 1.29 is 9.13 Å². The third-order valence-electron chi connectivity index (χ3n) is 6.02. The topological polar surface area (TPSA) is 123 Å². The minimum atomic E-state index is -0.287. The number of hydrogen-bond acceptors (Lipinski definition) is 9. The van der Waals surface area contributed by atoms with Gasteiger partial charge >= 0.3 is 0 Å². The molecule has 1 saturated heterocycles. The number of ether oxygens (including phenoxy) is 1. The number of anilines is 1. The second kappa shape index (κ2) is 8.36. The van der Waals surface area contributed by atoms with Gasteiger partial charge in [-0.05, 0) is 23.3 Å². The smallest absolute Gasteiger partial charge is 0.208 e. The highest BCUT2D eigenvalue weighted by Gasteiger charge is 2.20. The van der Waals surface area contributed by atoms with Gasteiger partial charge in [0.1, 0.15) is 23.8 Å². The zero-order chi connectivity index (χ0) is 23.1. The lowest BCUT2D eigenvalue weighted by molar-refractivity contribution is 0.356. The van der Waals surface area contributed by atoms with Crippen LogP contribution in [0.3, 0.4) is 0 Å². The van der Waals surface area contributed by atoms with E-state index in [2.05, 4.69) is 43.3 Å². The molecule has 6 rings (SSSR count). The first-order chi connectivity index (χ1) is 16.7. The van der Waals surface area contributed by atoms with E-state index in [1.807, 2.05) is 24.3 Å². The summed E-state index contributed by atoms with van der Waals surface area (Å²) in [6.45, 7) is 0.784. The maximum absolute atomic E-state index is 14.6. The number of imidazole rings is 1. The fraction of sp³-hybridized carbons (Fsp3) is 0.174. The highest BCUT2D eigenvalue weighted by molar-refractivity contribution is 5.78. The molecule has 2 aromatic carbocycles. The molecule has 170 valence electrons. The predicted molar refractivity (Wildman–Crippen MR) is 121 cm³/mol. The first kappa shape index (κ1) is 20.5. The lowest BCUT2D eigenvalue weighted by Gasteiger charge is -2.13. The molecule has 5 N–H and O–H groups in total. The third kappa shape index (κ3) is 3.51. The fourth-order valence-corrected chi connectivity index (χ4v) is 4.31. The largest absolute Gasteiger partial charge is 0.493 e. The van der Waals surface area contributed by atoms with Gasteiger partial charge in [-0.1, -0.05) is 24.3 Å². The number of benzene rings is 2. The van der Waals surface area contributed by atoms with Gasteiger partial charge in [-0.25, -0.2) is 25.2 Å². The number of hydrazine groups is 3. The van der Waals surface area contributed by atoms with Crippen molar-refractivity contribution in [3.63, 3.8) is 0 Å². The zero-order valence-corrected chi connectivity index (χ0v) is 17.9. The average molecular weight is 457 g/mol. The SMILES string of the molecule is N#Cc1cn2c(NCc3c(F)ccc4c3CCO4)ncc(-c3ccc(C4NNNN4)cc3)c2n1. The van der Waals surface area contributed by atoms with Crippen LogP contribution in [0.5, 0.6) is 5.75 Å². The Morgan fingerprint density at radius 1 is 1.18 bits per heavy atom. The van der Waals surface area contributed by atoms with Crippen molar-refractivity contribution in [2.24, 2.45) is 0 Å². The summed E-state index contributed by atoms with van der Waals surface area (Å²) in [4.78, 5) is 9.05. The van der Waals surface area contributed by atoms with Gasteiger partial charge in [0, 0.05) is 35.9 Å². The Kier molecular flexibility index (Phi) is 5.05. The van der Waals surface area contributed by atoms with Crippen molar-refractivity contribution >= 4 is 11.6 Å². The van der Waals surface area contributed by atoms with Crippen LogP contribution in [0.25, 0.3) is 16.8 Å². The van der Waals surface area contributed by atoms with Crippen molar-refractivity contribution in [1.82, 2.24) is 36.3 Å². The molecule has 0 bridgehead atoms. The third-order valence-corrected chi connectivity index (χ3v) is 6.02. The average Bonchev–Trinajstić information content (AvgIpc) is 3.64. The van der Waals surface area contributed by atoms with Gasteiger partial charge < -0.3 is 10.1 Å².